The molecule has 0 aliphatic heterocycles. The number of aliphatic carboxylic acids is 1. The summed E-state index contributed by atoms with van der Waals surface area (Å²) in [5.41, 5.74) is 2.20. The van der Waals surface area contributed by atoms with Crippen LogP contribution in [0.25, 0.3) is 0 Å². The Morgan fingerprint density at radius 2 is 1.86 bits per heavy atom. The standard InChI is InChI=1S/C12H15BFN3O4/c14-17-9-3-1-8(2-4-9)16-11(18)6-5-10(12(19)20)15-7-13-21/h1-4,10,15,17H,5-7H2,(H,16,18)(H,19,20). The first-order valence-corrected chi connectivity index (χ1v) is 6.23. The summed E-state index contributed by atoms with van der Waals surface area (Å²) in [7, 11) is 0.552. The monoisotopic (exact) mass is 295 g/mol. The number of hydrogen-bond donors (Lipinski definition) is 4. The normalized spacial score (nSPS) is 11.3. The Bertz CT molecular complexity index is 498. The van der Waals surface area contributed by atoms with E-state index in [1.807, 2.05) is 0 Å². The summed E-state index contributed by atoms with van der Waals surface area (Å²) in [5, 5.41) is 14.0. The molecule has 1 amide bonds. The van der Waals surface area contributed by atoms with E-state index in [-0.39, 0.29) is 30.9 Å². The van der Waals surface area contributed by atoms with E-state index >= 15 is 0 Å². The van der Waals surface area contributed by atoms with Gasteiger partial charge in [0.1, 0.15) is 0 Å². The molecule has 112 valence electrons. The van der Waals surface area contributed by atoms with Gasteiger partial charge in [-0.15, -0.1) is 4.48 Å². The molecule has 21 heavy (non-hydrogen) atoms. The molecule has 4 N–H and O–H groups in total. The Balaban J connectivity index is 2.44. The number of carboxylic acid groups (broad SMARTS) is 1. The van der Waals surface area contributed by atoms with Crippen LogP contribution in [-0.4, -0.2) is 36.6 Å². The summed E-state index contributed by atoms with van der Waals surface area (Å²) in [4.78, 5) is 22.6. The van der Waals surface area contributed by atoms with Crippen molar-refractivity contribution in [2.24, 2.45) is 0 Å². The molecule has 0 aromatic heterocycles. The van der Waals surface area contributed by atoms with Gasteiger partial charge in [0, 0.05) is 0 Å². The first-order valence-electron chi connectivity index (χ1n) is 6.23. The second kappa shape index (κ2) is 8.80. The van der Waals surface area contributed by atoms with Crippen molar-refractivity contribution in [3.8, 4) is 0 Å². The fraction of sp³-hybridized carbons (Fsp3) is 0.333. The van der Waals surface area contributed by atoms with Gasteiger partial charge in [-0.25, -0.2) is 0 Å². The quantitative estimate of drug-likeness (QED) is 0.395. The molecule has 1 rings (SSSR count). The van der Waals surface area contributed by atoms with Crippen LogP contribution in [0, 0.1) is 0 Å². The van der Waals surface area contributed by atoms with E-state index in [0.717, 1.165) is 0 Å². The average Bonchev–Trinajstić information content (AvgIpc) is 2.47. The van der Waals surface area contributed by atoms with E-state index < -0.39 is 12.0 Å². The number of anilines is 2. The van der Waals surface area contributed by atoms with Crippen molar-refractivity contribution >= 4 is 30.4 Å². The fourth-order valence-corrected chi connectivity index (χ4v) is 1.62. The van der Waals surface area contributed by atoms with Crippen molar-refractivity contribution < 1.29 is 23.9 Å². The van der Waals surface area contributed by atoms with E-state index in [9.17, 15) is 18.8 Å². The SMILES string of the molecule is O=BCNC(CCC(=O)Nc1ccc(NF)cc1)C(=O)O. The minimum atomic E-state index is -1.12. The van der Waals surface area contributed by atoms with Crippen LogP contribution in [-0.2, 0) is 14.3 Å². The molecule has 1 aromatic carbocycles. The van der Waals surface area contributed by atoms with Gasteiger partial charge in [-0.05, 0) is 0 Å². The van der Waals surface area contributed by atoms with Gasteiger partial charge in [0.15, 0.2) is 0 Å². The number of benzene rings is 1. The zero-order valence-electron chi connectivity index (χ0n) is 11.1. The van der Waals surface area contributed by atoms with E-state index in [1.165, 1.54) is 29.8 Å². The Kier molecular flexibility index (Phi) is 7.03. The van der Waals surface area contributed by atoms with Crippen LogP contribution in [0.15, 0.2) is 24.3 Å². The molecule has 0 aliphatic carbocycles. The number of nitrogens with one attached hydrogen (secondary N) is 3. The number of hydrogen-bond acceptors (Lipinski definition) is 5. The average molecular weight is 295 g/mol. The molecule has 0 spiro atoms. The van der Waals surface area contributed by atoms with Crippen LogP contribution >= 0.6 is 0 Å². The third-order valence-electron chi connectivity index (χ3n) is 2.68. The molecule has 7 nitrogen and oxygen atoms in total. The van der Waals surface area contributed by atoms with Crippen LogP contribution in [0.4, 0.5) is 15.9 Å². The number of carbonyl (C=O) groups excluding carboxylic acids is 1. The van der Waals surface area contributed by atoms with Gasteiger partial charge in [-0.1, -0.05) is 0 Å². The summed E-state index contributed by atoms with van der Waals surface area (Å²) in [6, 6.07) is 4.96. The predicted molar refractivity (Wildman–Crippen MR) is 74.9 cm³/mol. The third kappa shape index (κ3) is 6.13. The summed E-state index contributed by atoms with van der Waals surface area (Å²) < 4.78 is 22.3. The van der Waals surface area contributed by atoms with Gasteiger partial charge in [-0.3, -0.25) is 0 Å². The van der Waals surface area contributed by atoms with Crippen molar-refractivity contribution in [3.05, 3.63) is 24.3 Å². The number of carbonyl (C=O) groups is 2. The molecular formula is C12H15BFN3O4. The van der Waals surface area contributed by atoms with Crippen LogP contribution in [0.2, 0.25) is 0 Å². The molecule has 0 radical (unpaired) electrons. The second-order valence-electron chi connectivity index (χ2n) is 4.22. The molecule has 0 heterocycles. The molecule has 0 aliphatic rings. The molecular weight excluding hydrogens is 280 g/mol. The molecule has 1 unspecified atom stereocenters. The second-order valence-corrected chi connectivity index (χ2v) is 4.22. The molecule has 0 saturated heterocycles. The Labute approximate surface area is 121 Å². The van der Waals surface area contributed by atoms with Gasteiger partial charge in [0.2, 0.25) is 0 Å². The van der Waals surface area contributed by atoms with Crippen molar-refractivity contribution in [2.45, 2.75) is 18.9 Å². The predicted octanol–water partition coefficient (Wildman–Crippen LogP) is 0.752. The number of rotatable bonds is 9. The molecule has 1 atom stereocenters. The zero-order chi connectivity index (χ0) is 15.7. The summed E-state index contributed by atoms with van der Waals surface area (Å²) in [5.74, 6) is -1.49. The first kappa shape index (κ1) is 16.8. The third-order valence-corrected chi connectivity index (χ3v) is 2.68. The van der Waals surface area contributed by atoms with Crippen LogP contribution < -0.4 is 16.2 Å². The van der Waals surface area contributed by atoms with Gasteiger partial charge < -0.3 is 0 Å². The molecule has 0 bridgehead atoms. The van der Waals surface area contributed by atoms with Gasteiger partial charge >= 0.3 is 116 Å². The van der Waals surface area contributed by atoms with E-state index in [4.69, 9.17) is 5.11 Å². The number of carboxylic acids is 1. The van der Waals surface area contributed by atoms with Crippen molar-refractivity contribution in [3.63, 3.8) is 0 Å². The Morgan fingerprint density at radius 3 is 2.38 bits per heavy atom. The first-order chi connectivity index (χ1) is 10.1. The Morgan fingerprint density at radius 1 is 1.24 bits per heavy atom. The molecule has 9 heteroatoms. The van der Waals surface area contributed by atoms with Crippen molar-refractivity contribution in [1.29, 1.82) is 0 Å². The van der Waals surface area contributed by atoms with E-state index in [0.29, 0.717) is 12.8 Å². The van der Waals surface area contributed by atoms with Crippen LogP contribution in [0.5, 0.6) is 0 Å². The number of amides is 1. The van der Waals surface area contributed by atoms with Crippen molar-refractivity contribution in [1.82, 2.24) is 5.32 Å². The topological polar surface area (TPSA) is 108 Å². The minimum absolute atomic E-state index is 0.0219. The zero-order valence-corrected chi connectivity index (χ0v) is 11.1. The fourth-order valence-electron chi connectivity index (χ4n) is 1.62. The number of halogens is 1. The maximum absolute atomic E-state index is 12.1. The molecule has 0 saturated carbocycles. The van der Waals surface area contributed by atoms with Gasteiger partial charge in [0.05, 0.1) is 0 Å². The molecule has 1 aromatic rings. The summed E-state index contributed by atoms with van der Waals surface area (Å²) in [6.07, 6.45) is -0.0542. The van der Waals surface area contributed by atoms with E-state index in [1.54, 1.807) is 0 Å². The van der Waals surface area contributed by atoms with E-state index in [2.05, 4.69) is 10.6 Å². The van der Waals surface area contributed by atoms with Gasteiger partial charge in [0.25, 0.3) is 0 Å². The molecule has 0 fully saturated rings. The van der Waals surface area contributed by atoms with Crippen LogP contribution in [0.1, 0.15) is 12.8 Å². The van der Waals surface area contributed by atoms with Crippen molar-refractivity contribution in [2.75, 3.05) is 17.3 Å². The summed E-state index contributed by atoms with van der Waals surface area (Å²) in [6.45, 7) is 0. The maximum atomic E-state index is 12.1. The van der Waals surface area contributed by atoms with Crippen LogP contribution in [0.3, 0.4) is 0 Å². The summed E-state index contributed by atoms with van der Waals surface area (Å²) >= 11 is 0. The Hall–Kier alpha value is -2.29. The van der Waals surface area contributed by atoms with Gasteiger partial charge in [-0.2, -0.15) is 0 Å².